The van der Waals surface area contributed by atoms with Crippen molar-refractivity contribution in [3.8, 4) is 5.75 Å². The summed E-state index contributed by atoms with van der Waals surface area (Å²) in [6, 6.07) is 37.0. The number of aliphatic hydroxyl groups excluding tert-OH is 1. The number of esters is 1. The molecule has 1 N–H and O–H groups in total. The van der Waals surface area contributed by atoms with Gasteiger partial charge >= 0.3 is 5.97 Å². The van der Waals surface area contributed by atoms with Crippen molar-refractivity contribution in [3.63, 3.8) is 0 Å². The van der Waals surface area contributed by atoms with Gasteiger partial charge in [0.1, 0.15) is 30.2 Å². The van der Waals surface area contributed by atoms with Gasteiger partial charge in [-0.25, -0.2) is 4.79 Å². The first-order valence-corrected chi connectivity index (χ1v) is 15.2. The number of ether oxygens (including phenoxy) is 5. The third kappa shape index (κ3) is 5.76. The normalized spacial score (nSPS) is 28.2. The summed E-state index contributed by atoms with van der Waals surface area (Å²) in [7, 11) is 0. The lowest BCUT2D eigenvalue weighted by Gasteiger charge is -2.29. The van der Waals surface area contributed by atoms with Crippen LogP contribution in [0, 0.1) is 11.8 Å². The van der Waals surface area contributed by atoms with Crippen LogP contribution in [0.1, 0.15) is 33.5 Å². The van der Waals surface area contributed by atoms with Gasteiger partial charge in [0, 0.05) is 11.8 Å². The summed E-state index contributed by atoms with van der Waals surface area (Å²) in [5.74, 6) is 0.000180. The fourth-order valence-corrected chi connectivity index (χ4v) is 6.96. The van der Waals surface area contributed by atoms with E-state index < -0.39 is 17.7 Å². The van der Waals surface area contributed by atoms with Crippen LogP contribution in [-0.4, -0.2) is 47.7 Å². The molecular weight excluding hydrogens is 556 g/mol. The summed E-state index contributed by atoms with van der Waals surface area (Å²) in [6.45, 7) is 1.13. The van der Waals surface area contributed by atoms with Gasteiger partial charge in [0.05, 0.1) is 37.6 Å². The Morgan fingerprint density at radius 2 is 1.30 bits per heavy atom. The molecule has 7 atom stereocenters. The van der Waals surface area contributed by atoms with E-state index in [1.54, 1.807) is 24.3 Å². The van der Waals surface area contributed by atoms with Crippen LogP contribution in [-0.2, 0) is 38.8 Å². The minimum Gasteiger partial charge on any atom is -0.489 e. The van der Waals surface area contributed by atoms with Crippen molar-refractivity contribution in [1.82, 2.24) is 0 Å². The second kappa shape index (κ2) is 12.5. The topological polar surface area (TPSA) is 86.8 Å². The molecule has 4 aromatic rings. The van der Waals surface area contributed by atoms with Crippen molar-refractivity contribution in [1.29, 1.82) is 0 Å². The molecule has 1 heterocycles. The fourth-order valence-electron chi connectivity index (χ4n) is 6.96. The van der Waals surface area contributed by atoms with Gasteiger partial charge in [0.15, 0.2) is 0 Å². The van der Waals surface area contributed by atoms with E-state index in [9.17, 15) is 9.90 Å². The fraction of sp³-hybridized carbons (Fsp3) is 0.324. The van der Waals surface area contributed by atoms with Gasteiger partial charge < -0.3 is 28.8 Å². The molecule has 0 amide bonds. The number of fused-ring (bicyclic) bond motifs is 3. The van der Waals surface area contributed by atoms with E-state index in [0.29, 0.717) is 37.6 Å². The molecule has 1 saturated heterocycles. The maximum Gasteiger partial charge on any atom is 0.338 e. The molecule has 1 aliphatic heterocycles. The highest BCUT2D eigenvalue weighted by atomic mass is 16.7. The number of aliphatic hydroxyl groups is 1. The van der Waals surface area contributed by atoms with Crippen molar-refractivity contribution in [2.75, 3.05) is 6.61 Å². The first-order valence-electron chi connectivity index (χ1n) is 15.2. The molecule has 3 aliphatic rings. The predicted molar refractivity (Wildman–Crippen MR) is 163 cm³/mol. The van der Waals surface area contributed by atoms with Gasteiger partial charge in [-0.15, -0.1) is 0 Å². The van der Waals surface area contributed by atoms with Crippen molar-refractivity contribution in [2.45, 2.75) is 56.3 Å². The second-order valence-electron chi connectivity index (χ2n) is 11.8. The first kappa shape index (κ1) is 28.7. The lowest BCUT2D eigenvalue weighted by Crippen LogP contribution is -2.40. The molecule has 3 fully saturated rings. The first-order chi connectivity index (χ1) is 21.6. The molecule has 0 radical (unpaired) electrons. The second-order valence-corrected chi connectivity index (χ2v) is 11.8. The number of carbonyl (C=O) groups is 1. The van der Waals surface area contributed by atoms with E-state index in [0.717, 1.165) is 16.7 Å². The number of hydrogen-bond acceptors (Lipinski definition) is 7. The van der Waals surface area contributed by atoms with Crippen molar-refractivity contribution < 1.29 is 33.6 Å². The Morgan fingerprint density at radius 3 is 1.89 bits per heavy atom. The zero-order valence-electron chi connectivity index (χ0n) is 24.4. The lowest BCUT2D eigenvalue weighted by molar-refractivity contribution is -0.101. The van der Waals surface area contributed by atoms with Gasteiger partial charge in [-0.05, 0) is 47.4 Å². The summed E-state index contributed by atoms with van der Waals surface area (Å²) < 4.78 is 31.2. The molecule has 2 aliphatic carbocycles. The van der Waals surface area contributed by atoms with E-state index in [2.05, 4.69) is 0 Å². The quantitative estimate of drug-likeness (QED) is 0.166. The Hall–Kier alpha value is -4.01. The van der Waals surface area contributed by atoms with Crippen molar-refractivity contribution in [2.24, 2.45) is 11.8 Å². The van der Waals surface area contributed by atoms with Crippen molar-refractivity contribution >= 4 is 5.97 Å². The highest BCUT2D eigenvalue weighted by Crippen LogP contribution is 2.63. The monoisotopic (exact) mass is 592 g/mol. The number of benzene rings is 4. The maximum atomic E-state index is 13.4. The van der Waals surface area contributed by atoms with Gasteiger partial charge in [0.2, 0.25) is 0 Å². The van der Waals surface area contributed by atoms with Crippen LogP contribution in [0.25, 0.3) is 0 Å². The van der Waals surface area contributed by atoms with Crippen LogP contribution in [0.5, 0.6) is 5.75 Å². The van der Waals surface area contributed by atoms with E-state index in [1.165, 1.54) is 0 Å². The standard InChI is InChI=1S/C37H36O7/c38-24-37-32-30(20-31(41-22-26-12-6-2-7-13-26)34(32)42-23-27-14-8-3-9-15-27)33(35(37)44-37)43-36(39)28-16-18-29(19-17-28)40-21-25-10-4-1-5-11-25/h1-19,30-35,38H,20-24H2/t30-,31-,32-,33-,34-,35-,37+/m1/s1. The Morgan fingerprint density at radius 1 is 0.727 bits per heavy atom. The molecule has 0 unspecified atom stereocenters. The van der Waals surface area contributed by atoms with Crippen LogP contribution in [0.3, 0.4) is 0 Å². The van der Waals surface area contributed by atoms with Gasteiger partial charge in [-0.2, -0.15) is 0 Å². The number of rotatable bonds is 12. The maximum absolute atomic E-state index is 13.4. The smallest absolute Gasteiger partial charge is 0.338 e. The summed E-state index contributed by atoms with van der Waals surface area (Å²) in [4.78, 5) is 13.4. The van der Waals surface area contributed by atoms with Crippen LogP contribution >= 0.6 is 0 Å². The zero-order valence-corrected chi connectivity index (χ0v) is 24.4. The minimum atomic E-state index is -0.809. The summed E-state index contributed by atoms with van der Waals surface area (Å²) in [5, 5.41) is 10.6. The van der Waals surface area contributed by atoms with Crippen LogP contribution < -0.4 is 4.74 Å². The molecule has 0 bridgehead atoms. The van der Waals surface area contributed by atoms with Gasteiger partial charge in [-0.3, -0.25) is 0 Å². The highest BCUT2D eigenvalue weighted by molar-refractivity contribution is 5.89. The zero-order chi connectivity index (χ0) is 29.9. The molecule has 44 heavy (non-hydrogen) atoms. The average Bonchev–Trinajstić information content (AvgIpc) is 3.62. The number of hydrogen-bond donors (Lipinski definition) is 1. The molecular formula is C37H36O7. The summed E-state index contributed by atoms with van der Waals surface area (Å²) >= 11 is 0. The third-order valence-electron chi connectivity index (χ3n) is 9.16. The van der Waals surface area contributed by atoms with Gasteiger partial charge in [-0.1, -0.05) is 91.0 Å². The molecule has 7 nitrogen and oxygen atoms in total. The molecule has 7 heteroatoms. The van der Waals surface area contributed by atoms with Crippen LogP contribution in [0.15, 0.2) is 115 Å². The van der Waals surface area contributed by atoms with E-state index >= 15 is 0 Å². The lowest BCUT2D eigenvalue weighted by atomic mass is 9.89. The SMILES string of the molecule is O=C(O[C@@H]1[C@@H]2C[C@@H](OCc3ccccc3)[C@@H](OCc3ccccc3)[C@@H]2[C@]2(CO)O[C@H]12)c1ccc(OCc2ccccc2)cc1. The molecule has 7 rings (SSSR count). The molecule has 226 valence electrons. The van der Waals surface area contributed by atoms with Crippen LogP contribution in [0.4, 0.5) is 0 Å². The Bertz CT molecular complexity index is 1530. The average molecular weight is 593 g/mol. The van der Waals surface area contributed by atoms with Crippen molar-refractivity contribution in [3.05, 3.63) is 138 Å². The molecule has 4 aromatic carbocycles. The Balaban J connectivity index is 1.06. The number of epoxide rings is 1. The van der Waals surface area contributed by atoms with E-state index in [4.69, 9.17) is 23.7 Å². The van der Waals surface area contributed by atoms with E-state index in [1.807, 2.05) is 91.0 Å². The molecule has 0 spiro atoms. The Kier molecular flexibility index (Phi) is 8.19. The molecule has 0 aromatic heterocycles. The minimum absolute atomic E-state index is 0.0696. The van der Waals surface area contributed by atoms with Gasteiger partial charge in [0.25, 0.3) is 0 Å². The highest BCUT2D eigenvalue weighted by Gasteiger charge is 2.79. The van der Waals surface area contributed by atoms with Crippen LogP contribution in [0.2, 0.25) is 0 Å². The van der Waals surface area contributed by atoms with E-state index in [-0.39, 0.29) is 36.8 Å². The third-order valence-corrected chi connectivity index (χ3v) is 9.16. The number of carbonyl (C=O) groups excluding carboxylic acids is 1. The summed E-state index contributed by atoms with van der Waals surface area (Å²) in [6.07, 6.45) is -0.821. The largest absolute Gasteiger partial charge is 0.489 e. The Labute approximate surface area is 257 Å². The predicted octanol–water partition coefficient (Wildman–Crippen LogP) is 5.74. The summed E-state index contributed by atoms with van der Waals surface area (Å²) in [5.41, 5.74) is 2.82. The molecule has 2 saturated carbocycles.